The zero-order valence-electron chi connectivity index (χ0n) is 15.2. The van der Waals surface area contributed by atoms with E-state index in [0.717, 1.165) is 28.2 Å². The number of hydrogen-bond acceptors (Lipinski definition) is 4. The van der Waals surface area contributed by atoms with Gasteiger partial charge in [0, 0.05) is 18.1 Å². The highest BCUT2D eigenvalue weighted by Gasteiger charge is 2.07. The van der Waals surface area contributed by atoms with Crippen LogP contribution in [0.5, 0.6) is 0 Å². The van der Waals surface area contributed by atoms with E-state index in [1.54, 1.807) is 0 Å². The normalized spacial score (nSPS) is 14.0. The van der Waals surface area contributed by atoms with Crippen molar-refractivity contribution >= 4 is 22.3 Å². The molecule has 1 aromatic carbocycles. The van der Waals surface area contributed by atoms with E-state index in [4.69, 9.17) is 5.73 Å². The summed E-state index contributed by atoms with van der Waals surface area (Å²) in [4.78, 5) is 0. The number of nitrogens with two attached hydrogens (primary N) is 1. The average Bonchev–Trinajstić information content (AvgIpc) is 3.08. The standard InChI is InChI=1S/C10H12N4.C7H13N.C2H6/c1-6(11)10-8-5-7(12-2)3-4-9(8)13-14-10;1-2-7-3-5-8-6-4-7;1-2/h3-5,12H,1,11H2,2H3,(H,13,14);2,7-8H,1,3-6H2;1-2H3. The number of fused-ring (bicyclic) bond motifs is 1. The number of rotatable bonds is 3. The Hall–Kier alpha value is -2.27. The predicted octanol–water partition coefficient (Wildman–Crippen LogP) is 3.73. The van der Waals surface area contributed by atoms with Crippen LogP contribution in [-0.2, 0) is 0 Å². The molecule has 24 heavy (non-hydrogen) atoms. The fourth-order valence-electron chi connectivity index (χ4n) is 2.49. The molecule has 1 aromatic heterocycles. The van der Waals surface area contributed by atoms with Crippen LogP contribution in [0.15, 0.2) is 37.4 Å². The molecule has 1 aliphatic heterocycles. The molecule has 132 valence electrons. The van der Waals surface area contributed by atoms with Gasteiger partial charge in [0.1, 0.15) is 5.69 Å². The van der Waals surface area contributed by atoms with E-state index >= 15 is 0 Å². The monoisotopic (exact) mass is 329 g/mol. The highest BCUT2D eigenvalue weighted by Crippen LogP contribution is 2.22. The van der Waals surface area contributed by atoms with Crippen LogP contribution in [0, 0.1) is 5.92 Å². The summed E-state index contributed by atoms with van der Waals surface area (Å²) < 4.78 is 0. The van der Waals surface area contributed by atoms with Crippen LogP contribution < -0.4 is 16.4 Å². The highest BCUT2D eigenvalue weighted by molar-refractivity contribution is 5.91. The largest absolute Gasteiger partial charge is 0.397 e. The van der Waals surface area contributed by atoms with E-state index < -0.39 is 0 Å². The minimum atomic E-state index is 0.476. The zero-order valence-corrected chi connectivity index (χ0v) is 15.2. The lowest BCUT2D eigenvalue weighted by atomic mass is 9.99. The van der Waals surface area contributed by atoms with Gasteiger partial charge in [-0.2, -0.15) is 5.10 Å². The van der Waals surface area contributed by atoms with E-state index in [1.807, 2.05) is 39.1 Å². The molecule has 2 aromatic rings. The third-order valence-corrected chi connectivity index (χ3v) is 3.87. The summed E-state index contributed by atoms with van der Waals surface area (Å²) in [6.07, 6.45) is 4.63. The quantitative estimate of drug-likeness (QED) is 0.647. The third kappa shape index (κ3) is 5.42. The van der Waals surface area contributed by atoms with Crippen molar-refractivity contribution in [1.82, 2.24) is 15.5 Å². The van der Waals surface area contributed by atoms with Crippen molar-refractivity contribution in [3.63, 3.8) is 0 Å². The molecule has 0 amide bonds. The fourth-order valence-corrected chi connectivity index (χ4v) is 2.49. The molecule has 5 N–H and O–H groups in total. The van der Waals surface area contributed by atoms with Crippen LogP contribution in [0.4, 0.5) is 5.69 Å². The molecular weight excluding hydrogens is 298 g/mol. The Morgan fingerprint density at radius 2 is 2.00 bits per heavy atom. The molecular formula is C19H31N5. The maximum Gasteiger partial charge on any atom is 0.115 e. The van der Waals surface area contributed by atoms with E-state index in [1.165, 1.54) is 25.9 Å². The summed E-state index contributed by atoms with van der Waals surface area (Å²) in [5.41, 5.74) is 8.81. The highest BCUT2D eigenvalue weighted by atomic mass is 15.1. The van der Waals surface area contributed by atoms with Crippen molar-refractivity contribution in [2.24, 2.45) is 11.7 Å². The second-order valence-corrected chi connectivity index (χ2v) is 5.43. The van der Waals surface area contributed by atoms with Gasteiger partial charge in [-0.25, -0.2) is 0 Å². The molecule has 2 heterocycles. The molecule has 0 saturated carbocycles. The Balaban J connectivity index is 0.000000245. The lowest BCUT2D eigenvalue weighted by Crippen LogP contribution is -2.26. The van der Waals surface area contributed by atoms with Crippen molar-refractivity contribution in [3.05, 3.63) is 43.1 Å². The molecule has 0 unspecified atom stereocenters. The van der Waals surface area contributed by atoms with Crippen LogP contribution in [-0.4, -0.2) is 30.3 Å². The minimum absolute atomic E-state index is 0.476. The number of anilines is 1. The first-order valence-electron chi connectivity index (χ1n) is 8.59. The number of aromatic nitrogens is 2. The van der Waals surface area contributed by atoms with Gasteiger partial charge >= 0.3 is 0 Å². The van der Waals surface area contributed by atoms with Gasteiger partial charge in [0.05, 0.1) is 11.2 Å². The molecule has 0 aliphatic carbocycles. The predicted molar refractivity (Wildman–Crippen MR) is 106 cm³/mol. The van der Waals surface area contributed by atoms with E-state index in [0.29, 0.717) is 5.70 Å². The lowest BCUT2D eigenvalue weighted by molar-refractivity contribution is 0.437. The van der Waals surface area contributed by atoms with Crippen molar-refractivity contribution in [2.45, 2.75) is 26.7 Å². The number of allylic oxidation sites excluding steroid dienone is 1. The first kappa shape index (κ1) is 19.8. The molecule has 1 aliphatic rings. The Kier molecular flexibility index (Phi) is 8.65. The van der Waals surface area contributed by atoms with Crippen LogP contribution in [0.2, 0.25) is 0 Å². The molecule has 0 bridgehead atoms. The van der Waals surface area contributed by atoms with Gasteiger partial charge < -0.3 is 16.4 Å². The number of piperidine rings is 1. The lowest BCUT2D eigenvalue weighted by Gasteiger charge is -2.18. The van der Waals surface area contributed by atoms with E-state index in [9.17, 15) is 0 Å². The zero-order chi connectivity index (χ0) is 17.9. The number of aromatic amines is 1. The maximum atomic E-state index is 5.62. The van der Waals surface area contributed by atoms with Gasteiger partial charge in [-0.05, 0) is 50.0 Å². The summed E-state index contributed by atoms with van der Waals surface area (Å²) in [7, 11) is 1.87. The molecule has 1 fully saturated rings. The molecule has 0 radical (unpaired) electrons. The molecule has 5 nitrogen and oxygen atoms in total. The Morgan fingerprint density at radius 3 is 2.50 bits per heavy atom. The smallest absolute Gasteiger partial charge is 0.115 e. The van der Waals surface area contributed by atoms with Crippen molar-refractivity contribution in [1.29, 1.82) is 0 Å². The van der Waals surface area contributed by atoms with Crippen LogP contribution >= 0.6 is 0 Å². The van der Waals surface area contributed by atoms with Crippen molar-refractivity contribution in [3.8, 4) is 0 Å². The van der Waals surface area contributed by atoms with Crippen LogP contribution in [0.25, 0.3) is 16.6 Å². The summed E-state index contributed by atoms with van der Waals surface area (Å²) in [5, 5.41) is 14.3. The summed E-state index contributed by atoms with van der Waals surface area (Å²) in [5.74, 6) is 0.788. The molecule has 0 spiro atoms. The first-order valence-corrected chi connectivity index (χ1v) is 8.59. The van der Waals surface area contributed by atoms with Gasteiger partial charge in [0.2, 0.25) is 0 Å². The van der Waals surface area contributed by atoms with Crippen LogP contribution in [0.3, 0.4) is 0 Å². The van der Waals surface area contributed by atoms with E-state index in [2.05, 4.69) is 40.1 Å². The van der Waals surface area contributed by atoms with E-state index in [-0.39, 0.29) is 0 Å². The number of nitrogens with zero attached hydrogens (tertiary/aromatic N) is 1. The van der Waals surface area contributed by atoms with Crippen molar-refractivity contribution < 1.29 is 0 Å². The van der Waals surface area contributed by atoms with Gasteiger partial charge in [0.15, 0.2) is 0 Å². The van der Waals surface area contributed by atoms with Crippen LogP contribution in [0.1, 0.15) is 32.4 Å². The average molecular weight is 329 g/mol. The number of H-pyrrole nitrogens is 1. The molecule has 1 saturated heterocycles. The van der Waals surface area contributed by atoms with Gasteiger partial charge in [0.25, 0.3) is 0 Å². The van der Waals surface area contributed by atoms with Gasteiger partial charge in [-0.1, -0.05) is 26.5 Å². The SMILES string of the molecule is C=C(N)c1n[nH]c2ccc(NC)cc12.C=CC1CCNCC1.CC. The Bertz CT molecular complexity index is 638. The topological polar surface area (TPSA) is 78.8 Å². The summed E-state index contributed by atoms with van der Waals surface area (Å²) in [6, 6.07) is 5.93. The van der Waals surface area contributed by atoms with Gasteiger partial charge in [-0.3, -0.25) is 5.10 Å². The Labute approximate surface area is 145 Å². The molecule has 3 rings (SSSR count). The fraction of sp³-hybridized carbons (Fsp3) is 0.421. The second kappa shape index (κ2) is 10.5. The summed E-state index contributed by atoms with van der Waals surface area (Å²) in [6.45, 7) is 13.8. The number of hydrogen-bond donors (Lipinski definition) is 4. The number of nitrogens with one attached hydrogen (secondary N) is 3. The third-order valence-electron chi connectivity index (χ3n) is 3.87. The Morgan fingerprint density at radius 1 is 1.33 bits per heavy atom. The van der Waals surface area contributed by atoms with Crippen molar-refractivity contribution in [2.75, 3.05) is 25.5 Å². The minimum Gasteiger partial charge on any atom is -0.397 e. The maximum absolute atomic E-state index is 5.62. The molecule has 0 atom stereocenters. The number of benzene rings is 1. The summed E-state index contributed by atoms with van der Waals surface area (Å²) >= 11 is 0. The van der Waals surface area contributed by atoms with Gasteiger partial charge in [-0.15, -0.1) is 6.58 Å². The first-order chi connectivity index (χ1) is 11.7. The molecule has 5 heteroatoms. The second-order valence-electron chi connectivity index (χ2n) is 5.43.